The highest BCUT2D eigenvalue weighted by Gasteiger charge is 2.18. The summed E-state index contributed by atoms with van der Waals surface area (Å²) < 4.78 is 16.2. The predicted octanol–water partition coefficient (Wildman–Crippen LogP) is 4.21. The quantitative estimate of drug-likeness (QED) is 0.713. The van der Waals surface area contributed by atoms with Gasteiger partial charge in [-0.25, -0.2) is 0 Å². The van der Waals surface area contributed by atoms with Crippen LogP contribution in [0.5, 0.6) is 17.2 Å². The van der Waals surface area contributed by atoms with Crippen molar-refractivity contribution >= 4 is 16.9 Å². The Morgan fingerprint density at radius 2 is 1.67 bits per heavy atom. The zero-order valence-electron chi connectivity index (χ0n) is 16.1. The van der Waals surface area contributed by atoms with Crippen molar-refractivity contribution in [2.24, 2.45) is 4.99 Å². The molecule has 0 bridgehead atoms. The normalized spacial score (nSPS) is 13.7. The molecule has 5 nitrogen and oxygen atoms in total. The van der Waals surface area contributed by atoms with Crippen LogP contribution in [0.3, 0.4) is 0 Å². The fraction of sp³-hybridized carbons (Fsp3) is 0.381. The Balaban J connectivity index is 1.84. The van der Waals surface area contributed by atoms with Crippen LogP contribution in [0.1, 0.15) is 17.5 Å². The molecule has 0 radical (unpaired) electrons. The van der Waals surface area contributed by atoms with Crippen molar-refractivity contribution in [1.29, 1.82) is 0 Å². The number of benzene rings is 2. The lowest BCUT2D eigenvalue weighted by Gasteiger charge is -2.28. The molecule has 1 aliphatic rings. The van der Waals surface area contributed by atoms with Gasteiger partial charge in [-0.1, -0.05) is 23.9 Å². The van der Waals surface area contributed by atoms with Gasteiger partial charge in [-0.15, -0.1) is 0 Å². The van der Waals surface area contributed by atoms with Crippen LogP contribution in [0.25, 0.3) is 0 Å². The first-order valence-corrected chi connectivity index (χ1v) is 9.98. The van der Waals surface area contributed by atoms with E-state index >= 15 is 0 Å². The molecule has 0 atom stereocenters. The summed E-state index contributed by atoms with van der Waals surface area (Å²) in [7, 11) is 5.04. The van der Waals surface area contributed by atoms with Crippen molar-refractivity contribution < 1.29 is 14.2 Å². The fourth-order valence-corrected chi connectivity index (χ4v) is 3.92. The molecule has 1 aliphatic heterocycles. The minimum absolute atomic E-state index is 0.727. The van der Waals surface area contributed by atoms with Gasteiger partial charge >= 0.3 is 0 Å². The van der Waals surface area contributed by atoms with Crippen LogP contribution in [-0.2, 0) is 13.1 Å². The first-order valence-electron chi connectivity index (χ1n) is 8.99. The maximum Gasteiger partial charge on any atom is 0.159 e. The van der Waals surface area contributed by atoms with Crippen LogP contribution in [0.2, 0.25) is 0 Å². The van der Waals surface area contributed by atoms with Crippen molar-refractivity contribution in [3.63, 3.8) is 0 Å². The molecule has 0 aromatic heterocycles. The lowest BCUT2D eigenvalue weighted by molar-refractivity contribution is 0.370. The summed E-state index contributed by atoms with van der Waals surface area (Å²) in [4.78, 5) is 7.08. The van der Waals surface area contributed by atoms with E-state index in [1.165, 1.54) is 5.56 Å². The van der Waals surface area contributed by atoms with E-state index in [4.69, 9.17) is 19.2 Å². The Labute approximate surface area is 165 Å². The molecular formula is C21H26N2O3S. The molecule has 0 saturated carbocycles. The number of ether oxygens (including phenoxy) is 3. The molecule has 6 heteroatoms. The van der Waals surface area contributed by atoms with E-state index in [9.17, 15) is 0 Å². The Morgan fingerprint density at radius 1 is 0.926 bits per heavy atom. The van der Waals surface area contributed by atoms with E-state index in [1.807, 2.05) is 36.0 Å². The van der Waals surface area contributed by atoms with Gasteiger partial charge in [-0.2, -0.15) is 0 Å². The second-order valence-electron chi connectivity index (χ2n) is 6.25. The van der Waals surface area contributed by atoms with Gasteiger partial charge in [0.2, 0.25) is 0 Å². The minimum atomic E-state index is 0.727. The van der Waals surface area contributed by atoms with E-state index in [-0.39, 0.29) is 0 Å². The maximum atomic E-state index is 5.59. The number of thioether (sulfide) groups is 1. The monoisotopic (exact) mass is 386 g/mol. The van der Waals surface area contributed by atoms with Crippen molar-refractivity contribution in [2.75, 3.05) is 33.6 Å². The molecule has 0 fully saturated rings. The van der Waals surface area contributed by atoms with E-state index in [1.54, 1.807) is 21.3 Å². The summed E-state index contributed by atoms with van der Waals surface area (Å²) in [6, 6.07) is 14.2. The summed E-state index contributed by atoms with van der Waals surface area (Å²) >= 11 is 1.82. The third kappa shape index (κ3) is 5.10. The van der Waals surface area contributed by atoms with Crippen molar-refractivity contribution in [3.05, 3.63) is 53.6 Å². The topological polar surface area (TPSA) is 43.3 Å². The second kappa shape index (κ2) is 9.55. The Bertz CT molecular complexity index is 777. The van der Waals surface area contributed by atoms with Crippen molar-refractivity contribution in [1.82, 2.24) is 4.90 Å². The lowest BCUT2D eigenvalue weighted by atomic mass is 10.1. The molecule has 1 heterocycles. The number of rotatable bonds is 7. The van der Waals surface area contributed by atoms with Crippen LogP contribution in [0.4, 0.5) is 0 Å². The molecule has 144 valence electrons. The van der Waals surface area contributed by atoms with Gasteiger partial charge < -0.3 is 19.1 Å². The zero-order valence-corrected chi connectivity index (χ0v) is 16.9. The van der Waals surface area contributed by atoms with Gasteiger partial charge in [-0.05, 0) is 36.2 Å². The number of hydrogen-bond acceptors (Lipinski definition) is 6. The van der Waals surface area contributed by atoms with Gasteiger partial charge in [0.25, 0.3) is 0 Å². The van der Waals surface area contributed by atoms with E-state index < -0.39 is 0 Å². The zero-order chi connectivity index (χ0) is 19.1. The standard InChI is InChI=1S/C21H26N2O3S/c1-24-18-8-5-16(6-9-18)14-23(21-22-11-4-12-27-21)15-17-7-10-19(25-2)13-20(17)26-3/h5-10,13H,4,11-12,14-15H2,1-3H3. The molecule has 3 rings (SSSR count). The summed E-state index contributed by atoms with van der Waals surface area (Å²) in [5.41, 5.74) is 2.33. The van der Waals surface area contributed by atoms with Crippen molar-refractivity contribution in [2.45, 2.75) is 19.5 Å². The molecule has 2 aromatic rings. The van der Waals surface area contributed by atoms with Crippen LogP contribution in [0.15, 0.2) is 47.5 Å². The van der Waals surface area contributed by atoms with Crippen molar-refractivity contribution in [3.8, 4) is 17.2 Å². The molecule has 0 aliphatic carbocycles. The number of amidine groups is 1. The Morgan fingerprint density at radius 3 is 2.30 bits per heavy atom. The second-order valence-corrected chi connectivity index (χ2v) is 7.31. The molecule has 0 saturated heterocycles. The molecule has 0 unspecified atom stereocenters. The van der Waals surface area contributed by atoms with Gasteiger partial charge in [0.05, 0.1) is 21.3 Å². The predicted molar refractivity (Wildman–Crippen MR) is 111 cm³/mol. The first kappa shape index (κ1) is 19.4. The summed E-state index contributed by atoms with van der Waals surface area (Å²) in [6.07, 6.45) is 1.14. The Kier molecular flexibility index (Phi) is 6.87. The smallest absolute Gasteiger partial charge is 0.159 e. The summed E-state index contributed by atoms with van der Waals surface area (Å²) in [5.74, 6) is 3.60. The van der Waals surface area contributed by atoms with Crippen LogP contribution in [0, 0.1) is 0 Å². The average Bonchev–Trinajstić information content (AvgIpc) is 2.74. The SMILES string of the molecule is COc1ccc(CN(Cc2ccc(OC)cc2OC)C2=NCCCS2)cc1. The number of methoxy groups -OCH3 is 3. The fourth-order valence-electron chi connectivity index (χ4n) is 2.97. The number of nitrogens with zero attached hydrogens (tertiary/aromatic N) is 2. The van der Waals surface area contributed by atoms with Crippen LogP contribution >= 0.6 is 11.8 Å². The lowest BCUT2D eigenvalue weighted by Crippen LogP contribution is -2.30. The van der Waals surface area contributed by atoms with E-state index in [2.05, 4.69) is 23.1 Å². The molecule has 2 aromatic carbocycles. The largest absolute Gasteiger partial charge is 0.497 e. The van der Waals surface area contributed by atoms with Gasteiger partial charge in [0.1, 0.15) is 17.2 Å². The van der Waals surface area contributed by atoms with Crippen LogP contribution in [-0.4, -0.2) is 43.7 Å². The average molecular weight is 387 g/mol. The van der Waals surface area contributed by atoms with E-state index in [0.29, 0.717) is 0 Å². The molecule has 0 amide bonds. The number of hydrogen-bond donors (Lipinski definition) is 0. The van der Waals surface area contributed by atoms with E-state index in [0.717, 1.165) is 59.8 Å². The molecule has 0 spiro atoms. The van der Waals surface area contributed by atoms with Gasteiger partial charge in [0, 0.05) is 37.0 Å². The molecule has 0 N–H and O–H groups in total. The third-order valence-corrected chi connectivity index (χ3v) is 5.58. The molecule has 27 heavy (non-hydrogen) atoms. The highest BCUT2D eigenvalue weighted by atomic mass is 32.2. The molecular weight excluding hydrogens is 360 g/mol. The number of aliphatic imine (C=N–C) groups is 1. The summed E-state index contributed by atoms with van der Waals surface area (Å²) in [5, 5.41) is 1.09. The first-order chi connectivity index (χ1) is 13.2. The van der Waals surface area contributed by atoms with Gasteiger partial charge in [-0.3, -0.25) is 4.99 Å². The minimum Gasteiger partial charge on any atom is -0.497 e. The summed E-state index contributed by atoms with van der Waals surface area (Å²) in [6.45, 7) is 2.40. The highest BCUT2D eigenvalue weighted by molar-refractivity contribution is 8.13. The van der Waals surface area contributed by atoms with Crippen LogP contribution < -0.4 is 14.2 Å². The van der Waals surface area contributed by atoms with Gasteiger partial charge in [0.15, 0.2) is 5.17 Å². The Hall–Kier alpha value is -2.34. The maximum absolute atomic E-state index is 5.59. The third-order valence-electron chi connectivity index (χ3n) is 4.44. The highest BCUT2D eigenvalue weighted by Crippen LogP contribution is 2.28.